The van der Waals surface area contributed by atoms with Crippen LogP contribution in [-0.4, -0.2) is 34.5 Å². The third-order valence-corrected chi connectivity index (χ3v) is 8.65. The molecule has 1 fully saturated rings. The summed E-state index contributed by atoms with van der Waals surface area (Å²) >= 11 is 1.28. The Morgan fingerprint density at radius 3 is 2.61 bits per heavy atom. The molecule has 2 atom stereocenters. The summed E-state index contributed by atoms with van der Waals surface area (Å²) in [6, 6.07) is 26.4. The van der Waals surface area contributed by atoms with Crippen LogP contribution in [0, 0.1) is 0 Å². The normalized spacial score (nSPS) is 18.8. The molecule has 220 valence electrons. The van der Waals surface area contributed by atoms with Crippen molar-refractivity contribution in [3.8, 4) is 23.0 Å². The molecule has 0 bridgehead atoms. The number of carbonyl (C=O) groups excluding carboxylic acids is 2. The first-order chi connectivity index (χ1) is 21.4. The zero-order valence-electron chi connectivity index (χ0n) is 24.0. The van der Waals surface area contributed by atoms with E-state index in [-0.39, 0.29) is 17.4 Å². The van der Waals surface area contributed by atoms with E-state index in [0.717, 1.165) is 16.0 Å². The highest BCUT2D eigenvalue weighted by Crippen LogP contribution is 2.46. The largest absolute Gasteiger partial charge is 0.507 e. The van der Waals surface area contributed by atoms with Gasteiger partial charge in [-0.3, -0.25) is 14.5 Å². The van der Waals surface area contributed by atoms with Crippen LogP contribution in [-0.2, 0) is 16.0 Å². The Labute approximate surface area is 257 Å². The van der Waals surface area contributed by atoms with Crippen molar-refractivity contribution in [2.24, 2.45) is 0 Å². The summed E-state index contributed by atoms with van der Waals surface area (Å²) in [7, 11) is 0. The van der Waals surface area contributed by atoms with E-state index in [1.807, 2.05) is 74.5 Å². The van der Waals surface area contributed by atoms with Gasteiger partial charge in [-0.2, -0.15) is 0 Å². The van der Waals surface area contributed by atoms with Crippen LogP contribution in [0.4, 0.5) is 5.13 Å². The number of aliphatic hydroxyl groups is 1. The lowest BCUT2D eigenvalue weighted by molar-refractivity contribution is -0.132. The fraction of sp³-hybridized carbons (Fsp3) is 0.171. The van der Waals surface area contributed by atoms with Crippen LogP contribution in [0.2, 0.25) is 0 Å². The lowest BCUT2D eigenvalue weighted by Gasteiger charge is -2.23. The molecule has 4 aromatic carbocycles. The van der Waals surface area contributed by atoms with Gasteiger partial charge >= 0.3 is 5.91 Å². The van der Waals surface area contributed by atoms with Gasteiger partial charge < -0.3 is 19.3 Å². The molecule has 0 saturated carbocycles. The van der Waals surface area contributed by atoms with E-state index < -0.39 is 17.7 Å². The van der Waals surface area contributed by atoms with Crippen LogP contribution < -0.4 is 19.1 Å². The summed E-state index contributed by atoms with van der Waals surface area (Å²) in [5.41, 5.74) is 2.61. The molecule has 44 heavy (non-hydrogen) atoms. The SMILES string of the molecule is CCOc1ccc2nc(N3C(=O)C(=O)/C(=C(/O)c4ccc5c(c4)CC(C)O5)C3c3cccc(Oc4ccccc4)c3)sc2c1. The fourth-order valence-electron chi connectivity index (χ4n) is 5.70. The van der Waals surface area contributed by atoms with E-state index in [9.17, 15) is 14.7 Å². The van der Waals surface area contributed by atoms with Crippen LogP contribution in [0.3, 0.4) is 0 Å². The number of para-hydroxylation sites is 1. The number of thiazole rings is 1. The molecule has 7 rings (SSSR count). The zero-order chi connectivity index (χ0) is 30.4. The second-order valence-electron chi connectivity index (χ2n) is 10.7. The van der Waals surface area contributed by atoms with Gasteiger partial charge in [0.25, 0.3) is 5.78 Å². The van der Waals surface area contributed by atoms with Crippen LogP contribution in [0.15, 0.2) is 96.6 Å². The Morgan fingerprint density at radius 2 is 1.80 bits per heavy atom. The number of rotatable bonds is 7. The van der Waals surface area contributed by atoms with Gasteiger partial charge in [0.15, 0.2) is 5.13 Å². The Balaban J connectivity index is 1.37. The molecule has 2 aliphatic rings. The van der Waals surface area contributed by atoms with Crippen molar-refractivity contribution in [1.29, 1.82) is 0 Å². The Morgan fingerprint density at radius 1 is 0.977 bits per heavy atom. The monoisotopic (exact) mass is 604 g/mol. The minimum Gasteiger partial charge on any atom is -0.507 e. The van der Waals surface area contributed by atoms with Gasteiger partial charge in [0.1, 0.15) is 34.9 Å². The van der Waals surface area contributed by atoms with Crippen LogP contribution >= 0.6 is 11.3 Å². The van der Waals surface area contributed by atoms with Gasteiger partial charge in [-0.1, -0.05) is 41.7 Å². The minimum atomic E-state index is -0.954. The van der Waals surface area contributed by atoms with Crippen molar-refractivity contribution in [2.45, 2.75) is 32.4 Å². The Hall–Kier alpha value is -5.15. The number of fused-ring (bicyclic) bond motifs is 2. The summed E-state index contributed by atoms with van der Waals surface area (Å²) in [4.78, 5) is 33.7. The number of aliphatic hydroxyl groups excluding tert-OH is 1. The lowest BCUT2D eigenvalue weighted by Crippen LogP contribution is -2.29. The standard InChI is InChI=1S/C35H28N2O6S/c1-3-41-25-13-14-27-29(19-25)44-35(36-27)37-31(21-8-7-11-26(18-21)43-24-9-5-4-6-10-24)30(33(39)34(37)40)32(38)22-12-15-28-23(17-22)16-20(2)42-28/h4-15,17-20,31,38H,3,16H2,1-2H3/b32-30+. The molecular weight excluding hydrogens is 576 g/mol. The smallest absolute Gasteiger partial charge is 0.301 e. The van der Waals surface area contributed by atoms with E-state index in [1.54, 1.807) is 30.3 Å². The predicted molar refractivity (Wildman–Crippen MR) is 169 cm³/mol. The number of anilines is 1. The summed E-state index contributed by atoms with van der Waals surface area (Å²) in [5.74, 6) is 0.784. The molecule has 1 amide bonds. The third-order valence-electron chi connectivity index (χ3n) is 7.63. The molecule has 8 nitrogen and oxygen atoms in total. The molecule has 2 unspecified atom stereocenters. The van der Waals surface area contributed by atoms with E-state index in [2.05, 4.69) is 0 Å². The first-order valence-corrected chi connectivity index (χ1v) is 15.2. The van der Waals surface area contributed by atoms with Gasteiger partial charge in [0.2, 0.25) is 0 Å². The van der Waals surface area contributed by atoms with Crippen LogP contribution in [0.5, 0.6) is 23.0 Å². The number of Topliss-reactive ketones (excluding diaryl/α,β-unsaturated/α-hetero) is 1. The van der Waals surface area contributed by atoms with E-state index in [0.29, 0.717) is 52.1 Å². The van der Waals surface area contributed by atoms with Gasteiger partial charge in [-0.25, -0.2) is 4.98 Å². The average Bonchev–Trinajstić information content (AvgIpc) is 3.69. The summed E-state index contributed by atoms with van der Waals surface area (Å²) in [6.45, 7) is 4.40. The van der Waals surface area contributed by atoms with Crippen LogP contribution in [0.1, 0.15) is 36.6 Å². The lowest BCUT2D eigenvalue weighted by atomic mass is 9.94. The number of ether oxygens (including phenoxy) is 3. The molecule has 1 aromatic heterocycles. The molecule has 3 heterocycles. The summed E-state index contributed by atoms with van der Waals surface area (Å²) < 4.78 is 18.4. The molecule has 0 spiro atoms. The number of carbonyl (C=O) groups is 2. The highest BCUT2D eigenvalue weighted by molar-refractivity contribution is 7.22. The molecule has 1 N–H and O–H groups in total. The van der Waals surface area contributed by atoms with Crippen molar-refractivity contribution >= 4 is 44.1 Å². The van der Waals surface area contributed by atoms with Gasteiger partial charge in [-0.15, -0.1) is 0 Å². The molecule has 0 aliphatic carbocycles. The Bertz CT molecular complexity index is 1950. The number of amides is 1. The van der Waals surface area contributed by atoms with Gasteiger partial charge in [0, 0.05) is 12.0 Å². The number of aromatic nitrogens is 1. The van der Waals surface area contributed by atoms with Crippen molar-refractivity contribution in [1.82, 2.24) is 4.98 Å². The topological polar surface area (TPSA) is 98.2 Å². The number of hydrogen-bond acceptors (Lipinski definition) is 8. The maximum absolute atomic E-state index is 13.8. The third kappa shape index (κ3) is 4.95. The van der Waals surface area contributed by atoms with Crippen molar-refractivity contribution in [2.75, 3.05) is 11.5 Å². The summed E-state index contributed by atoms with van der Waals surface area (Å²) in [5, 5.41) is 12.1. The first-order valence-electron chi connectivity index (χ1n) is 14.4. The second kappa shape index (κ2) is 11.2. The Kier molecular flexibility index (Phi) is 7.02. The van der Waals surface area contributed by atoms with Crippen LogP contribution in [0.25, 0.3) is 16.0 Å². The number of hydrogen-bond donors (Lipinski definition) is 1. The van der Waals surface area contributed by atoms with Gasteiger partial charge in [-0.05, 0) is 85.6 Å². The van der Waals surface area contributed by atoms with Gasteiger partial charge in [0.05, 0.1) is 28.4 Å². The van der Waals surface area contributed by atoms with E-state index in [4.69, 9.17) is 19.2 Å². The quantitative estimate of drug-likeness (QED) is 0.117. The van der Waals surface area contributed by atoms with Crippen molar-refractivity contribution in [3.05, 3.63) is 113 Å². The minimum absolute atomic E-state index is 0.0163. The number of ketones is 1. The highest BCUT2D eigenvalue weighted by Gasteiger charge is 2.48. The average molecular weight is 605 g/mol. The maximum atomic E-state index is 13.8. The summed E-state index contributed by atoms with van der Waals surface area (Å²) in [6.07, 6.45) is 0.699. The molecule has 9 heteroatoms. The molecule has 0 radical (unpaired) electrons. The van der Waals surface area contributed by atoms with Crippen molar-refractivity contribution in [3.63, 3.8) is 0 Å². The number of nitrogens with zero attached hydrogens (tertiary/aromatic N) is 2. The van der Waals surface area contributed by atoms with E-state index in [1.165, 1.54) is 16.2 Å². The highest BCUT2D eigenvalue weighted by atomic mass is 32.1. The van der Waals surface area contributed by atoms with E-state index >= 15 is 0 Å². The molecule has 2 aliphatic heterocycles. The fourth-order valence-corrected chi connectivity index (χ4v) is 6.72. The first kappa shape index (κ1) is 27.7. The second-order valence-corrected chi connectivity index (χ2v) is 11.7. The molecule has 5 aromatic rings. The zero-order valence-corrected chi connectivity index (χ0v) is 24.8. The maximum Gasteiger partial charge on any atom is 0.301 e. The number of benzene rings is 4. The molecular formula is C35H28N2O6S. The van der Waals surface area contributed by atoms with Crippen molar-refractivity contribution < 1.29 is 28.9 Å². The predicted octanol–water partition coefficient (Wildman–Crippen LogP) is 7.44. The molecule has 1 saturated heterocycles.